The van der Waals surface area contributed by atoms with Crippen molar-refractivity contribution in [2.45, 2.75) is 32.9 Å². The Balaban J connectivity index is 1.41. The average Bonchev–Trinajstić information content (AvgIpc) is 3.57. The summed E-state index contributed by atoms with van der Waals surface area (Å²) in [4.78, 5) is 39.2. The maximum Gasteiger partial charge on any atom is 0.409 e. The second-order valence-electron chi connectivity index (χ2n) is 9.67. The minimum absolute atomic E-state index is 0.104. The lowest BCUT2D eigenvalue weighted by molar-refractivity contribution is 0.0950. The number of aryl methyl sites for hydroxylation is 2. The molecule has 2 aromatic heterocycles. The number of likely N-dealkylation sites (tertiary alicyclic amines) is 1. The monoisotopic (exact) mass is 514 g/mol. The highest BCUT2D eigenvalue weighted by Crippen LogP contribution is 2.35. The number of ether oxygens (including phenoxy) is 1. The summed E-state index contributed by atoms with van der Waals surface area (Å²) in [5.74, 6) is 0.106. The number of methoxy groups -OCH3 is 1. The number of H-pyrrole nitrogens is 1. The van der Waals surface area contributed by atoms with E-state index >= 15 is 0 Å². The Morgan fingerprint density at radius 3 is 2.68 bits per heavy atom. The van der Waals surface area contributed by atoms with Crippen LogP contribution in [-0.4, -0.2) is 51.9 Å². The van der Waals surface area contributed by atoms with E-state index in [-0.39, 0.29) is 29.4 Å². The quantitative estimate of drug-likeness (QED) is 0.373. The third kappa shape index (κ3) is 4.60. The van der Waals surface area contributed by atoms with E-state index in [1.54, 1.807) is 4.90 Å². The normalized spacial score (nSPS) is 15.1. The van der Waals surface area contributed by atoms with Gasteiger partial charge in [-0.3, -0.25) is 9.59 Å². The number of carbonyl (C=O) groups excluding carboxylic acids is 2. The molecule has 38 heavy (non-hydrogen) atoms. The molecule has 4 aromatic rings. The largest absolute Gasteiger partial charge is 0.453 e. The average molecular weight is 515 g/mol. The maximum atomic E-state index is 12.8. The molecule has 1 aliphatic heterocycles. The lowest BCUT2D eigenvalue weighted by atomic mass is 10.0. The first kappa shape index (κ1) is 25.1. The Hall–Kier alpha value is -4.60. The number of aromatic amines is 1. The molecule has 4 N–H and O–H groups in total. The van der Waals surface area contributed by atoms with Crippen molar-refractivity contribution >= 4 is 28.7 Å². The molecule has 3 heterocycles. The number of nitrogens with two attached hydrogens (primary N) is 1. The van der Waals surface area contributed by atoms with Crippen LogP contribution in [0.15, 0.2) is 53.5 Å². The molecule has 1 saturated heterocycles. The summed E-state index contributed by atoms with van der Waals surface area (Å²) in [5, 5.41) is 10.0. The van der Waals surface area contributed by atoms with Crippen molar-refractivity contribution < 1.29 is 14.3 Å². The first-order valence-corrected chi connectivity index (χ1v) is 12.4. The molecule has 2 amide bonds. The molecule has 0 bridgehead atoms. The van der Waals surface area contributed by atoms with Gasteiger partial charge in [-0.25, -0.2) is 9.89 Å². The van der Waals surface area contributed by atoms with Crippen LogP contribution in [0, 0.1) is 13.8 Å². The third-order valence-electron chi connectivity index (χ3n) is 7.13. The summed E-state index contributed by atoms with van der Waals surface area (Å²) in [6, 6.07) is 13.5. The van der Waals surface area contributed by atoms with Crippen molar-refractivity contribution in [1.82, 2.24) is 25.0 Å². The summed E-state index contributed by atoms with van der Waals surface area (Å²) in [6.45, 7) is 5.22. The van der Waals surface area contributed by atoms with Gasteiger partial charge in [0.1, 0.15) is 5.52 Å². The Bertz CT molecular complexity index is 1590. The summed E-state index contributed by atoms with van der Waals surface area (Å²) in [5.41, 5.74) is 11.5. The number of nitrogens with one attached hydrogen (secondary N) is 2. The molecule has 10 nitrogen and oxygen atoms in total. The van der Waals surface area contributed by atoms with Gasteiger partial charge < -0.3 is 25.3 Å². The first-order chi connectivity index (χ1) is 18.3. The van der Waals surface area contributed by atoms with Crippen molar-refractivity contribution in [3.63, 3.8) is 0 Å². The van der Waals surface area contributed by atoms with Gasteiger partial charge in [0.05, 0.1) is 18.5 Å². The SMILES string of the molecule is COC(=O)N1CC[C@@H](n2cc(-c3ccc(CNC(=O)c4cc(C)ccc4C)cc3)c3c(N)n[nH]c(=O)c32)C1. The summed E-state index contributed by atoms with van der Waals surface area (Å²) in [7, 11) is 1.36. The van der Waals surface area contributed by atoms with Gasteiger partial charge in [-0.15, -0.1) is 0 Å². The molecule has 0 saturated carbocycles. The van der Waals surface area contributed by atoms with Crippen LogP contribution in [0.2, 0.25) is 0 Å². The number of anilines is 1. The number of fused-ring (bicyclic) bond motifs is 1. The lowest BCUT2D eigenvalue weighted by Crippen LogP contribution is -2.29. The summed E-state index contributed by atoms with van der Waals surface area (Å²) < 4.78 is 6.75. The third-order valence-corrected chi connectivity index (χ3v) is 7.13. The van der Waals surface area contributed by atoms with E-state index < -0.39 is 0 Å². The van der Waals surface area contributed by atoms with E-state index in [0.29, 0.717) is 42.5 Å². The van der Waals surface area contributed by atoms with Crippen LogP contribution >= 0.6 is 0 Å². The molecule has 0 radical (unpaired) electrons. The zero-order valence-electron chi connectivity index (χ0n) is 21.6. The molecule has 0 unspecified atom stereocenters. The highest BCUT2D eigenvalue weighted by molar-refractivity contribution is 6.02. The molecule has 0 aliphatic carbocycles. The van der Waals surface area contributed by atoms with Gasteiger partial charge in [0.2, 0.25) is 0 Å². The Morgan fingerprint density at radius 1 is 1.18 bits per heavy atom. The smallest absolute Gasteiger partial charge is 0.409 e. The first-order valence-electron chi connectivity index (χ1n) is 12.4. The van der Waals surface area contributed by atoms with E-state index in [0.717, 1.165) is 27.8 Å². The minimum Gasteiger partial charge on any atom is -0.453 e. The highest BCUT2D eigenvalue weighted by atomic mass is 16.5. The fourth-order valence-corrected chi connectivity index (χ4v) is 5.07. The topological polar surface area (TPSA) is 135 Å². The van der Waals surface area contributed by atoms with E-state index in [2.05, 4.69) is 15.5 Å². The zero-order valence-corrected chi connectivity index (χ0v) is 21.6. The van der Waals surface area contributed by atoms with Gasteiger partial charge in [-0.1, -0.05) is 42.0 Å². The molecule has 1 aliphatic rings. The van der Waals surface area contributed by atoms with Gasteiger partial charge in [0.25, 0.3) is 11.5 Å². The second kappa shape index (κ2) is 10.0. The van der Waals surface area contributed by atoms with Crippen LogP contribution in [0.4, 0.5) is 10.6 Å². The van der Waals surface area contributed by atoms with Crippen LogP contribution in [0.3, 0.4) is 0 Å². The number of nitrogen functional groups attached to an aromatic ring is 1. The van der Waals surface area contributed by atoms with Crippen molar-refractivity contribution in [3.8, 4) is 11.1 Å². The molecule has 1 atom stereocenters. The van der Waals surface area contributed by atoms with Gasteiger partial charge in [-0.2, -0.15) is 5.10 Å². The standard InChI is InChI=1S/C28H30N6O4/c1-16-4-5-17(2)21(12-16)26(35)30-13-18-6-8-19(9-7-18)22-15-34(20-10-11-33(14-20)28(37)38-3)24-23(22)25(29)31-32-27(24)36/h4-9,12,15,20H,10-11,13-14H2,1-3H3,(H2,29,31)(H,30,35)(H,32,36)/t20-/m1/s1. The highest BCUT2D eigenvalue weighted by Gasteiger charge is 2.30. The van der Waals surface area contributed by atoms with Crippen LogP contribution < -0.4 is 16.6 Å². The molecule has 196 valence electrons. The van der Waals surface area contributed by atoms with Crippen molar-refractivity contribution in [1.29, 1.82) is 0 Å². The molecule has 2 aromatic carbocycles. The van der Waals surface area contributed by atoms with Crippen LogP contribution in [-0.2, 0) is 11.3 Å². The summed E-state index contributed by atoms with van der Waals surface area (Å²) in [6.07, 6.45) is 2.19. The molecular formula is C28H30N6O4. The fourth-order valence-electron chi connectivity index (χ4n) is 5.07. The second-order valence-corrected chi connectivity index (χ2v) is 9.67. The Morgan fingerprint density at radius 2 is 1.95 bits per heavy atom. The molecule has 0 spiro atoms. The number of hydrogen-bond acceptors (Lipinski definition) is 6. The van der Waals surface area contributed by atoms with Crippen LogP contribution in [0.5, 0.6) is 0 Å². The number of rotatable bonds is 5. The maximum absolute atomic E-state index is 12.8. The number of carbonyl (C=O) groups is 2. The summed E-state index contributed by atoms with van der Waals surface area (Å²) >= 11 is 0. The zero-order chi connectivity index (χ0) is 27.0. The van der Waals surface area contributed by atoms with E-state index in [1.807, 2.05) is 67.1 Å². The van der Waals surface area contributed by atoms with Crippen molar-refractivity contribution in [2.24, 2.45) is 0 Å². The van der Waals surface area contributed by atoms with E-state index in [9.17, 15) is 14.4 Å². The minimum atomic E-state index is -0.389. The predicted molar refractivity (Wildman–Crippen MR) is 145 cm³/mol. The number of benzene rings is 2. The number of amides is 2. The van der Waals surface area contributed by atoms with Crippen LogP contribution in [0.25, 0.3) is 22.0 Å². The number of hydrogen-bond donors (Lipinski definition) is 3. The van der Waals surface area contributed by atoms with Gasteiger partial charge in [0, 0.05) is 37.0 Å². The molecular weight excluding hydrogens is 484 g/mol. The van der Waals surface area contributed by atoms with Gasteiger partial charge in [-0.05, 0) is 43.0 Å². The predicted octanol–water partition coefficient (Wildman–Crippen LogP) is 3.53. The van der Waals surface area contributed by atoms with Crippen molar-refractivity contribution in [3.05, 3.63) is 81.3 Å². The molecule has 10 heteroatoms. The molecule has 1 fully saturated rings. The fraction of sp³-hybridized carbons (Fsp3) is 0.286. The Kier molecular flexibility index (Phi) is 6.62. The lowest BCUT2D eigenvalue weighted by Gasteiger charge is -2.16. The number of aromatic nitrogens is 3. The molecule has 5 rings (SSSR count). The Labute approximate surface area is 219 Å². The van der Waals surface area contributed by atoms with Crippen LogP contribution in [0.1, 0.15) is 39.5 Å². The van der Waals surface area contributed by atoms with E-state index in [1.165, 1.54) is 7.11 Å². The number of nitrogens with zero attached hydrogens (tertiary/aromatic N) is 3. The van der Waals surface area contributed by atoms with Gasteiger partial charge in [0.15, 0.2) is 5.82 Å². The van der Waals surface area contributed by atoms with Gasteiger partial charge >= 0.3 is 6.09 Å². The van der Waals surface area contributed by atoms with Crippen molar-refractivity contribution in [2.75, 3.05) is 25.9 Å². The van der Waals surface area contributed by atoms with E-state index in [4.69, 9.17) is 10.5 Å².